The molecule has 2 aromatic carbocycles. The lowest BCUT2D eigenvalue weighted by atomic mass is 9.91. The summed E-state index contributed by atoms with van der Waals surface area (Å²) in [7, 11) is 3.95. The average Bonchev–Trinajstić information content (AvgIpc) is 3.79. The van der Waals surface area contributed by atoms with Crippen molar-refractivity contribution in [1.29, 1.82) is 0 Å². The van der Waals surface area contributed by atoms with Gasteiger partial charge in [-0.25, -0.2) is 14.4 Å². The van der Waals surface area contributed by atoms with E-state index in [0.717, 1.165) is 10.6 Å². The summed E-state index contributed by atoms with van der Waals surface area (Å²) in [4.78, 5) is 53.1. The number of carbonyl (C=O) groups excluding carboxylic acids is 2. The molecule has 0 radical (unpaired) electrons. The molecule has 0 bridgehead atoms. The Bertz CT molecular complexity index is 1760. The number of ether oxygens (including phenoxy) is 9. The van der Waals surface area contributed by atoms with Crippen molar-refractivity contribution in [3.05, 3.63) is 56.4 Å². The van der Waals surface area contributed by atoms with Crippen molar-refractivity contribution in [2.24, 2.45) is 0 Å². The van der Waals surface area contributed by atoms with Crippen LogP contribution >= 0.6 is 0 Å². The van der Waals surface area contributed by atoms with Gasteiger partial charge in [0.1, 0.15) is 18.4 Å². The number of aromatic amines is 1. The van der Waals surface area contributed by atoms with Gasteiger partial charge in [-0.2, -0.15) is 0 Å². The van der Waals surface area contributed by atoms with Crippen LogP contribution in [0.1, 0.15) is 33.4 Å². The van der Waals surface area contributed by atoms with Crippen LogP contribution in [0.2, 0.25) is 0 Å². The number of rotatable bonds is 8. The zero-order valence-electron chi connectivity index (χ0n) is 23.6. The fraction of sp³-hybridized carbons (Fsp3) is 0.357. The van der Waals surface area contributed by atoms with Crippen molar-refractivity contribution in [2.45, 2.75) is 24.9 Å². The summed E-state index contributed by atoms with van der Waals surface area (Å²) in [6.45, 7) is -0.978. The Morgan fingerprint density at radius 2 is 1.48 bits per heavy atom. The average molecular weight is 615 g/mol. The van der Waals surface area contributed by atoms with Gasteiger partial charge in [-0.1, -0.05) is 0 Å². The van der Waals surface area contributed by atoms with Crippen LogP contribution in [0.15, 0.2) is 34.0 Å². The zero-order chi connectivity index (χ0) is 31.1. The molecule has 3 atom stereocenters. The third-order valence-corrected chi connectivity index (χ3v) is 7.31. The van der Waals surface area contributed by atoms with Crippen molar-refractivity contribution in [2.75, 3.05) is 41.5 Å². The van der Waals surface area contributed by atoms with E-state index in [0.29, 0.717) is 0 Å². The molecule has 1 aromatic heterocycles. The number of methoxy groups -OCH3 is 3. The van der Waals surface area contributed by atoms with Gasteiger partial charge in [-0.15, -0.1) is 0 Å². The molecule has 232 valence electrons. The number of H-pyrrole nitrogens is 1. The maximum Gasteiger partial charge on any atom is 0.339 e. The van der Waals surface area contributed by atoms with Crippen LogP contribution in [0.4, 0.5) is 0 Å². The number of aliphatic hydroxyl groups excluding tert-OH is 1. The van der Waals surface area contributed by atoms with E-state index >= 15 is 0 Å². The highest BCUT2D eigenvalue weighted by atomic mass is 16.7. The second-order valence-corrected chi connectivity index (χ2v) is 9.63. The van der Waals surface area contributed by atoms with Gasteiger partial charge in [0.05, 0.1) is 39.1 Å². The Labute approximate surface area is 247 Å². The summed E-state index contributed by atoms with van der Waals surface area (Å²) in [5, 5.41) is 10.0. The van der Waals surface area contributed by atoms with Crippen LogP contribution in [0.5, 0.6) is 34.5 Å². The molecule has 0 spiro atoms. The van der Waals surface area contributed by atoms with Gasteiger partial charge >= 0.3 is 17.6 Å². The smallest absolute Gasteiger partial charge is 0.339 e. The maximum atomic E-state index is 14.0. The molecule has 6 rings (SSSR count). The number of aromatic nitrogens is 2. The molecule has 44 heavy (non-hydrogen) atoms. The summed E-state index contributed by atoms with van der Waals surface area (Å²) < 4.78 is 51.5. The van der Waals surface area contributed by atoms with Crippen LogP contribution in [0, 0.1) is 0 Å². The van der Waals surface area contributed by atoms with Crippen LogP contribution in [-0.4, -0.2) is 80.3 Å². The van der Waals surface area contributed by atoms with Gasteiger partial charge < -0.3 is 47.7 Å². The van der Waals surface area contributed by atoms with Crippen molar-refractivity contribution >= 4 is 11.9 Å². The first kappa shape index (κ1) is 28.9. The number of hydrogen-bond donors (Lipinski definition) is 2. The first-order valence-corrected chi connectivity index (χ1v) is 13.2. The molecule has 4 heterocycles. The molecule has 16 heteroatoms. The third kappa shape index (κ3) is 4.73. The number of esters is 2. The largest absolute Gasteiger partial charge is 0.493 e. The van der Waals surface area contributed by atoms with E-state index in [1.165, 1.54) is 39.7 Å². The van der Waals surface area contributed by atoms with Gasteiger partial charge in [0, 0.05) is 29.8 Å². The van der Waals surface area contributed by atoms with E-state index < -0.39 is 48.2 Å². The lowest BCUT2D eigenvalue weighted by Crippen LogP contribution is -2.31. The van der Waals surface area contributed by atoms with Gasteiger partial charge in [0.15, 0.2) is 23.0 Å². The minimum absolute atomic E-state index is 0.0395. The second-order valence-electron chi connectivity index (χ2n) is 9.63. The monoisotopic (exact) mass is 614 g/mol. The standard InChI is InChI=1S/C28H26N2O14/c1-36-15-6-12(26(33)38-3)20(24-22(15)39-10-41-24)21-13(7-16(37-2)23-25(21)42-11-40-23)27(34)44-14-8-19(43-17(14)9-31)30-5-4-18(32)29-28(30)35/h4-7,14,17,19,31H,8-11H2,1-3H3,(H,29,32,35)/t14-,17+,19+/m0/s1. The van der Waals surface area contributed by atoms with E-state index in [1.807, 2.05) is 0 Å². The fourth-order valence-corrected chi connectivity index (χ4v) is 5.32. The molecule has 0 saturated carbocycles. The Kier molecular flexibility index (Phi) is 7.52. The lowest BCUT2D eigenvalue weighted by molar-refractivity contribution is -0.0521. The van der Waals surface area contributed by atoms with E-state index in [4.69, 9.17) is 42.6 Å². The maximum absolute atomic E-state index is 14.0. The van der Waals surface area contributed by atoms with E-state index in [1.54, 1.807) is 0 Å². The fourth-order valence-electron chi connectivity index (χ4n) is 5.32. The summed E-state index contributed by atoms with van der Waals surface area (Å²) in [5.74, 6) is -0.903. The van der Waals surface area contributed by atoms with Gasteiger partial charge in [0.25, 0.3) is 5.56 Å². The zero-order valence-corrected chi connectivity index (χ0v) is 23.6. The van der Waals surface area contributed by atoms with Crippen molar-refractivity contribution in [3.8, 4) is 45.6 Å². The lowest BCUT2D eigenvalue weighted by Gasteiger charge is -2.21. The number of fused-ring (bicyclic) bond motifs is 2. The highest BCUT2D eigenvalue weighted by Gasteiger charge is 2.42. The number of nitrogens with zero attached hydrogens (tertiary/aromatic N) is 1. The molecule has 0 unspecified atom stereocenters. The molecule has 3 aromatic rings. The molecule has 0 amide bonds. The number of nitrogens with one attached hydrogen (secondary N) is 1. The SMILES string of the molecule is COC(=O)c1cc(OC)c2c(c1-c1c(C(=O)O[C@H]3C[C@H](n4ccc(=O)[nH]c4=O)O[C@@H]3CO)cc(OC)c3c1OCO3)OCO2. The molecule has 1 saturated heterocycles. The predicted molar refractivity (Wildman–Crippen MR) is 145 cm³/mol. The normalized spacial score (nSPS) is 19.5. The molecular weight excluding hydrogens is 588 g/mol. The third-order valence-electron chi connectivity index (χ3n) is 7.31. The Morgan fingerprint density at radius 3 is 2.00 bits per heavy atom. The predicted octanol–water partition coefficient (Wildman–Crippen LogP) is 0.970. The summed E-state index contributed by atoms with van der Waals surface area (Å²) in [6, 6.07) is 3.88. The van der Waals surface area contributed by atoms with Crippen LogP contribution in [0.3, 0.4) is 0 Å². The highest BCUT2D eigenvalue weighted by Crippen LogP contribution is 2.56. The minimum Gasteiger partial charge on any atom is -0.493 e. The van der Waals surface area contributed by atoms with Crippen molar-refractivity contribution < 1.29 is 57.3 Å². The Morgan fingerprint density at radius 1 is 0.909 bits per heavy atom. The van der Waals surface area contributed by atoms with Crippen LogP contribution in [-0.2, 0) is 14.2 Å². The topological polar surface area (TPSA) is 192 Å². The number of aliphatic hydroxyl groups is 1. The van der Waals surface area contributed by atoms with E-state index in [-0.39, 0.29) is 76.8 Å². The molecule has 1 fully saturated rings. The Hall–Kier alpha value is -5.22. The number of carbonyl (C=O) groups is 2. The van der Waals surface area contributed by atoms with Crippen molar-refractivity contribution in [1.82, 2.24) is 9.55 Å². The molecule has 3 aliphatic heterocycles. The quantitative estimate of drug-likeness (QED) is 0.341. The van der Waals surface area contributed by atoms with Gasteiger partial charge in [-0.3, -0.25) is 14.3 Å². The number of hydrogen-bond acceptors (Lipinski definition) is 14. The van der Waals surface area contributed by atoms with Gasteiger partial charge in [-0.05, 0) is 12.1 Å². The first-order valence-electron chi connectivity index (χ1n) is 13.2. The Balaban J connectivity index is 1.47. The summed E-state index contributed by atoms with van der Waals surface area (Å²) in [5.41, 5.74) is -1.36. The van der Waals surface area contributed by atoms with Gasteiger partial charge in [0.2, 0.25) is 25.1 Å². The van der Waals surface area contributed by atoms with E-state index in [2.05, 4.69) is 4.98 Å². The summed E-state index contributed by atoms with van der Waals surface area (Å²) in [6.07, 6.45) is -1.81. The number of benzene rings is 2. The highest BCUT2D eigenvalue weighted by molar-refractivity contribution is 6.08. The molecular formula is C28H26N2O14. The minimum atomic E-state index is -1.04. The molecule has 2 N–H and O–H groups in total. The first-order chi connectivity index (χ1) is 21.3. The van der Waals surface area contributed by atoms with Crippen LogP contribution in [0.25, 0.3) is 11.1 Å². The molecule has 0 aliphatic carbocycles. The van der Waals surface area contributed by atoms with Crippen LogP contribution < -0.4 is 39.7 Å². The molecule has 3 aliphatic rings. The summed E-state index contributed by atoms with van der Waals surface area (Å²) >= 11 is 0. The second kappa shape index (κ2) is 11.5. The van der Waals surface area contributed by atoms with Crippen molar-refractivity contribution in [3.63, 3.8) is 0 Å². The molecule has 16 nitrogen and oxygen atoms in total. The van der Waals surface area contributed by atoms with E-state index in [9.17, 15) is 24.3 Å².